The highest BCUT2D eigenvalue weighted by Gasteiger charge is 2.50. The van der Waals surface area contributed by atoms with Crippen LogP contribution in [0.4, 0.5) is 9.52 Å². The van der Waals surface area contributed by atoms with E-state index in [0.29, 0.717) is 18.0 Å². The van der Waals surface area contributed by atoms with Gasteiger partial charge in [0, 0.05) is 5.75 Å². The minimum absolute atomic E-state index is 0.281. The van der Waals surface area contributed by atoms with Crippen molar-refractivity contribution in [1.82, 2.24) is 10.2 Å². The van der Waals surface area contributed by atoms with Gasteiger partial charge in [-0.25, -0.2) is 4.39 Å². The third-order valence-electron chi connectivity index (χ3n) is 2.54. The van der Waals surface area contributed by atoms with E-state index in [1.54, 1.807) is 6.08 Å². The fraction of sp³-hybridized carbons (Fsp3) is 0.500. The summed E-state index contributed by atoms with van der Waals surface area (Å²) in [6.45, 7) is 3.01. The average molecular weight is 273 g/mol. The van der Waals surface area contributed by atoms with E-state index in [0.717, 1.165) is 10.1 Å². The molecule has 1 heterocycles. The van der Waals surface area contributed by atoms with Crippen molar-refractivity contribution < 1.29 is 9.18 Å². The number of aromatic nitrogens is 2. The number of nitrogens with zero attached hydrogens (tertiary/aromatic N) is 2. The van der Waals surface area contributed by atoms with Crippen LogP contribution in [0.1, 0.15) is 12.8 Å². The molecule has 7 heteroatoms. The first kappa shape index (κ1) is 12.5. The van der Waals surface area contributed by atoms with Gasteiger partial charge < -0.3 is 0 Å². The van der Waals surface area contributed by atoms with Crippen LogP contribution >= 0.6 is 23.1 Å². The second-order valence-corrected chi connectivity index (χ2v) is 6.09. The SMILES string of the molecule is C=CCSc1nnc(NC(=O)C2(CF)CC2)s1. The largest absolute Gasteiger partial charge is 0.300 e. The molecule has 0 spiro atoms. The lowest BCUT2D eigenvalue weighted by Gasteiger charge is -2.07. The van der Waals surface area contributed by atoms with Crippen LogP contribution in [0.2, 0.25) is 0 Å². The van der Waals surface area contributed by atoms with Crippen molar-refractivity contribution in [3.63, 3.8) is 0 Å². The number of amides is 1. The Hall–Kier alpha value is -0.950. The van der Waals surface area contributed by atoms with Crippen molar-refractivity contribution in [3.8, 4) is 0 Å². The van der Waals surface area contributed by atoms with E-state index >= 15 is 0 Å². The van der Waals surface area contributed by atoms with Crippen LogP contribution < -0.4 is 5.32 Å². The van der Waals surface area contributed by atoms with Crippen molar-refractivity contribution >= 4 is 34.1 Å². The molecule has 0 atom stereocenters. The quantitative estimate of drug-likeness (QED) is 0.491. The summed E-state index contributed by atoms with van der Waals surface area (Å²) < 4.78 is 13.4. The Bertz CT molecular complexity index is 431. The van der Waals surface area contributed by atoms with Gasteiger partial charge in [0.25, 0.3) is 0 Å². The molecule has 1 fully saturated rings. The molecule has 0 aromatic carbocycles. The molecule has 92 valence electrons. The zero-order chi connectivity index (χ0) is 12.3. The number of hydrogen-bond acceptors (Lipinski definition) is 5. The predicted molar refractivity (Wildman–Crippen MR) is 67.1 cm³/mol. The molecule has 0 radical (unpaired) electrons. The molecule has 0 aliphatic heterocycles. The van der Waals surface area contributed by atoms with Gasteiger partial charge in [-0.2, -0.15) is 0 Å². The normalized spacial score (nSPS) is 16.5. The summed E-state index contributed by atoms with van der Waals surface area (Å²) in [5, 5.41) is 10.8. The van der Waals surface area contributed by atoms with Gasteiger partial charge in [-0.05, 0) is 12.8 Å². The summed E-state index contributed by atoms with van der Waals surface area (Å²) in [7, 11) is 0. The first-order valence-corrected chi connectivity index (χ1v) is 6.95. The van der Waals surface area contributed by atoms with Crippen molar-refractivity contribution in [1.29, 1.82) is 0 Å². The number of carbonyl (C=O) groups is 1. The minimum Gasteiger partial charge on any atom is -0.300 e. The molecule has 1 amide bonds. The summed E-state index contributed by atoms with van der Waals surface area (Å²) in [5.74, 6) is 0.466. The number of alkyl halides is 1. The van der Waals surface area contributed by atoms with Crippen LogP contribution in [-0.4, -0.2) is 28.5 Å². The van der Waals surface area contributed by atoms with E-state index in [-0.39, 0.29) is 5.91 Å². The average Bonchev–Trinajstić information content (AvgIpc) is 3.03. The number of hydrogen-bond donors (Lipinski definition) is 1. The highest BCUT2D eigenvalue weighted by molar-refractivity contribution is 8.01. The molecule has 1 aliphatic carbocycles. The fourth-order valence-electron chi connectivity index (χ4n) is 1.25. The van der Waals surface area contributed by atoms with E-state index in [4.69, 9.17) is 0 Å². The molecular formula is C10H12FN3OS2. The second kappa shape index (κ2) is 5.14. The van der Waals surface area contributed by atoms with E-state index in [1.807, 2.05) is 0 Å². The Labute approximate surface area is 107 Å². The lowest BCUT2D eigenvalue weighted by molar-refractivity contribution is -0.121. The first-order valence-electron chi connectivity index (χ1n) is 5.15. The third kappa shape index (κ3) is 2.84. The summed E-state index contributed by atoms with van der Waals surface area (Å²) in [6.07, 6.45) is 3.00. The van der Waals surface area contributed by atoms with Gasteiger partial charge in [0.2, 0.25) is 11.0 Å². The Morgan fingerprint density at radius 1 is 1.65 bits per heavy atom. The van der Waals surface area contributed by atoms with Crippen LogP contribution in [0.25, 0.3) is 0 Å². The summed E-state index contributed by atoms with van der Waals surface area (Å²) >= 11 is 2.79. The van der Waals surface area contributed by atoms with E-state index in [9.17, 15) is 9.18 Å². The van der Waals surface area contributed by atoms with Crippen LogP contribution in [0, 0.1) is 5.41 Å². The Morgan fingerprint density at radius 2 is 2.41 bits per heavy atom. The number of halogens is 1. The molecule has 1 aromatic rings. The van der Waals surface area contributed by atoms with Crippen molar-refractivity contribution in [2.75, 3.05) is 17.7 Å². The van der Waals surface area contributed by atoms with Crippen LogP contribution in [0.15, 0.2) is 17.0 Å². The molecule has 4 nitrogen and oxygen atoms in total. The molecule has 0 saturated heterocycles. The molecule has 0 unspecified atom stereocenters. The summed E-state index contributed by atoms with van der Waals surface area (Å²) in [6, 6.07) is 0. The van der Waals surface area contributed by atoms with Gasteiger partial charge in [-0.15, -0.1) is 16.8 Å². The van der Waals surface area contributed by atoms with Gasteiger partial charge in [0.05, 0.1) is 5.41 Å². The molecule has 1 saturated carbocycles. The van der Waals surface area contributed by atoms with Gasteiger partial charge in [0.15, 0.2) is 4.34 Å². The summed E-state index contributed by atoms with van der Waals surface area (Å²) in [4.78, 5) is 11.7. The van der Waals surface area contributed by atoms with Crippen LogP contribution in [0.3, 0.4) is 0 Å². The van der Waals surface area contributed by atoms with Gasteiger partial charge >= 0.3 is 0 Å². The molecule has 1 aliphatic rings. The third-order valence-corrected chi connectivity index (χ3v) is 4.51. The number of rotatable bonds is 6. The molecule has 2 rings (SSSR count). The minimum atomic E-state index is -0.792. The predicted octanol–water partition coefficient (Wildman–Crippen LogP) is 2.50. The summed E-state index contributed by atoms with van der Waals surface area (Å²) in [5.41, 5.74) is -0.792. The Morgan fingerprint density at radius 3 is 3.00 bits per heavy atom. The van der Waals surface area contributed by atoms with E-state index < -0.39 is 12.1 Å². The highest BCUT2D eigenvalue weighted by Crippen LogP contribution is 2.47. The Balaban J connectivity index is 1.92. The first-order chi connectivity index (χ1) is 8.20. The number of nitrogens with one attached hydrogen (secondary N) is 1. The topological polar surface area (TPSA) is 54.9 Å². The lowest BCUT2D eigenvalue weighted by Crippen LogP contribution is -2.25. The standard InChI is InChI=1S/C10H12FN3OS2/c1-2-5-16-9-14-13-8(17-9)12-7(15)10(6-11)3-4-10/h2H,1,3-6H2,(H,12,13,15). The zero-order valence-corrected chi connectivity index (χ0v) is 10.7. The lowest BCUT2D eigenvalue weighted by atomic mass is 10.1. The van der Waals surface area contributed by atoms with Gasteiger partial charge in [0.1, 0.15) is 6.67 Å². The maximum Gasteiger partial charge on any atom is 0.235 e. The Kier molecular flexibility index (Phi) is 3.78. The van der Waals surface area contributed by atoms with E-state index in [2.05, 4.69) is 22.1 Å². The molecule has 1 N–H and O–H groups in total. The number of carbonyl (C=O) groups excluding carboxylic acids is 1. The monoisotopic (exact) mass is 273 g/mol. The fourth-order valence-corrected chi connectivity index (χ4v) is 2.76. The number of anilines is 1. The zero-order valence-electron chi connectivity index (χ0n) is 9.11. The maximum atomic E-state index is 12.6. The van der Waals surface area contributed by atoms with Gasteiger partial charge in [-0.1, -0.05) is 29.2 Å². The van der Waals surface area contributed by atoms with Crippen molar-refractivity contribution in [3.05, 3.63) is 12.7 Å². The second-order valence-electron chi connectivity index (χ2n) is 3.84. The molecular weight excluding hydrogens is 261 g/mol. The maximum absolute atomic E-state index is 12.6. The van der Waals surface area contributed by atoms with Crippen LogP contribution in [-0.2, 0) is 4.79 Å². The highest BCUT2D eigenvalue weighted by atomic mass is 32.2. The van der Waals surface area contributed by atoms with E-state index in [1.165, 1.54) is 23.1 Å². The van der Waals surface area contributed by atoms with Crippen LogP contribution in [0.5, 0.6) is 0 Å². The van der Waals surface area contributed by atoms with Crippen molar-refractivity contribution in [2.45, 2.75) is 17.2 Å². The molecule has 1 aromatic heterocycles. The van der Waals surface area contributed by atoms with Gasteiger partial charge in [-0.3, -0.25) is 10.1 Å². The molecule has 17 heavy (non-hydrogen) atoms. The molecule has 0 bridgehead atoms. The number of thioether (sulfide) groups is 1. The smallest absolute Gasteiger partial charge is 0.235 e. The van der Waals surface area contributed by atoms with Crippen molar-refractivity contribution in [2.24, 2.45) is 5.41 Å².